The summed E-state index contributed by atoms with van der Waals surface area (Å²) in [6, 6.07) is 25.0. The van der Waals surface area contributed by atoms with Gasteiger partial charge in [0, 0.05) is 30.4 Å². The lowest BCUT2D eigenvalue weighted by atomic mass is 10.1. The Kier molecular flexibility index (Phi) is 8.23. The number of hydrogen-bond donors (Lipinski definition) is 1. The standard InChI is InChI=1S/C26H27N3O.C2H6/c1-19-9-12-24(13-10-19)29-18-23(26(28-29)21-7-5-4-6-8-21)17-27-16-22-11-14-25(30-3)15-20(22)2;1-2/h4-15,18,27H,16-17H2,1-3H3;1-2H3. The number of nitrogens with zero attached hydrogens (tertiary/aromatic N) is 2. The summed E-state index contributed by atoms with van der Waals surface area (Å²) in [7, 11) is 1.70. The van der Waals surface area contributed by atoms with Crippen LogP contribution in [0.1, 0.15) is 36.1 Å². The molecule has 0 unspecified atom stereocenters. The maximum Gasteiger partial charge on any atom is 0.119 e. The summed E-state index contributed by atoms with van der Waals surface area (Å²) < 4.78 is 7.28. The number of rotatable bonds is 7. The van der Waals surface area contributed by atoms with Crippen LogP contribution >= 0.6 is 0 Å². The molecular formula is C28H33N3O. The molecule has 0 saturated carbocycles. The second kappa shape index (κ2) is 11.3. The third kappa shape index (κ3) is 5.65. The van der Waals surface area contributed by atoms with Crippen molar-refractivity contribution in [2.75, 3.05) is 7.11 Å². The van der Waals surface area contributed by atoms with E-state index in [1.165, 1.54) is 22.3 Å². The molecule has 0 fully saturated rings. The Bertz CT molecular complexity index is 1120. The van der Waals surface area contributed by atoms with Gasteiger partial charge >= 0.3 is 0 Å². The molecule has 0 atom stereocenters. The predicted octanol–water partition coefficient (Wildman–Crippen LogP) is 6.48. The van der Waals surface area contributed by atoms with E-state index in [-0.39, 0.29) is 0 Å². The molecule has 4 rings (SSSR count). The van der Waals surface area contributed by atoms with Crippen LogP contribution in [0.5, 0.6) is 5.75 Å². The molecule has 4 nitrogen and oxygen atoms in total. The highest BCUT2D eigenvalue weighted by Gasteiger charge is 2.12. The van der Waals surface area contributed by atoms with Crippen LogP contribution in [0.25, 0.3) is 16.9 Å². The number of methoxy groups -OCH3 is 1. The van der Waals surface area contributed by atoms with Crippen molar-refractivity contribution in [3.63, 3.8) is 0 Å². The molecule has 4 heteroatoms. The van der Waals surface area contributed by atoms with Crippen molar-refractivity contribution in [2.45, 2.75) is 40.8 Å². The fraction of sp³-hybridized carbons (Fsp3) is 0.250. The number of nitrogens with one attached hydrogen (secondary N) is 1. The minimum atomic E-state index is 0.738. The van der Waals surface area contributed by atoms with Crippen molar-refractivity contribution in [1.82, 2.24) is 15.1 Å². The van der Waals surface area contributed by atoms with Crippen LogP contribution in [0.3, 0.4) is 0 Å². The van der Waals surface area contributed by atoms with E-state index in [1.54, 1.807) is 7.11 Å². The smallest absolute Gasteiger partial charge is 0.119 e. The minimum absolute atomic E-state index is 0.738. The number of aryl methyl sites for hydroxylation is 2. The van der Waals surface area contributed by atoms with Crippen LogP contribution in [0.2, 0.25) is 0 Å². The van der Waals surface area contributed by atoms with E-state index in [0.29, 0.717) is 0 Å². The minimum Gasteiger partial charge on any atom is -0.497 e. The molecule has 3 aromatic carbocycles. The zero-order valence-electron chi connectivity index (χ0n) is 19.7. The van der Waals surface area contributed by atoms with Gasteiger partial charge in [-0.05, 0) is 49.2 Å². The first-order chi connectivity index (χ1) is 15.6. The van der Waals surface area contributed by atoms with Gasteiger partial charge in [0.1, 0.15) is 5.75 Å². The van der Waals surface area contributed by atoms with Crippen molar-refractivity contribution in [3.05, 3.63) is 101 Å². The maximum absolute atomic E-state index is 5.31. The highest BCUT2D eigenvalue weighted by molar-refractivity contribution is 5.63. The molecular weight excluding hydrogens is 394 g/mol. The van der Waals surface area contributed by atoms with Crippen LogP contribution in [-0.4, -0.2) is 16.9 Å². The van der Waals surface area contributed by atoms with E-state index in [2.05, 4.69) is 86.0 Å². The largest absolute Gasteiger partial charge is 0.497 e. The fourth-order valence-electron chi connectivity index (χ4n) is 3.53. The molecule has 0 saturated heterocycles. The summed E-state index contributed by atoms with van der Waals surface area (Å²) in [4.78, 5) is 0. The first kappa shape index (κ1) is 23.3. The molecule has 1 aromatic heterocycles. The third-order valence-corrected chi connectivity index (χ3v) is 5.32. The van der Waals surface area contributed by atoms with Crippen LogP contribution in [-0.2, 0) is 13.1 Å². The summed E-state index contributed by atoms with van der Waals surface area (Å²) in [5.41, 5.74) is 8.10. The van der Waals surface area contributed by atoms with E-state index in [9.17, 15) is 0 Å². The number of ether oxygens (including phenoxy) is 1. The van der Waals surface area contributed by atoms with Crippen molar-refractivity contribution in [2.24, 2.45) is 0 Å². The Labute approximate surface area is 191 Å². The van der Waals surface area contributed by atoms with Gasteiger partial charge in [-0.15, -0.1) is 0 Å². The Hall–Kier alpha value is -3.37. The molecule has 0 spiro atoms. The molecule has 32 heavy (non-hydrogen) atoms. The van der Waals surface area contributed by atoms with Gasteiger partial charge in [-0.3, -0.25) is 0 Å². The van der Waals surface area contributed by atoms with Crippen LogP contribution in [0, 0.1) is 13.8 Å². The van der Waals surface area contributed by atoms with Crippen LogP contribution < -0.4 is 10.1 Å². The van der Waals surface area contributed by atoms with Crippen molar-refractivity contribution in [3.8, 4) is 22.7 Å². The van der Waals surface area contributed by atoms with Gasteiger partial charge in [0.15, 0.2) is 0 Å². The van der Waals surface area contributed by atoms with E-state index in [0.717, 1.165) is 35.8 Å². The summed E-state index contributed by atoms with van der Waals surface area (Å²) >= 11 is 0. The van der Waals surface area contributed by atoms with Gasteiger partial charge in [-0.2, -0.15) is 5.10 Å². The zero-order chi connectivity index (χ0) is 22.9. The molecule has 4 aromatic rings. The van der Waals surface area contributed by atoms with E-state index in [4.69, 9.17) is 9.84 Å². The van der Waals surface area contributed by atoms with Crippen LogP contribution in [0.15, 0.2) is 79.0 Å². The summed E-state index contributed by atoms with van der Waals surface area (Å²) in [6.45, 7) is 9.74. The average Bonchev–Trinajstić information content (AvgIpc) is 3.26. The second-order valence-corrected chi connectivity index (χ2v) is 7.55. The Balaban J connectivity index is 0.00000141. The van der Waals surface area contributed by atoms with Gasteiger partial charge in [0.2, 0.25) is 0 Å². The average molecular weight is 428 g/mol. The molecule has 0 amide bonds. The maximum atomic E-state index is 5.31. The number of aromatic nitrogens is 2. The Morgan fingerprint density at radius 1 is 0.844 bits per heavy atom. The van der Waals surface area contributed by atoms with Crippen molar-refractivity contribution >= 4 is 0 Å². The number of hydrogen-bond acceptors (Lipinski definition) is 3. The zero-order valence-corrected chi connectivity index (χ0v) is 19.7. The summed E-state index contributed by atoms with van der Waals surface area (Å²) in [5, 5.41) is 8.49. The molecule has 0 aliphatic carbocycles. The molecule has 1 N–H and O–H groups in total. The normalized spacial score (nSPS) is 10.4. The topological polar surface area (TPSA) is 39.1 Å². The van der Waals surface area contributed by atoms with Gasteiger partial charge in [0.25, 0.3) is 0 Å². The second-order valence-electron chi connectivity index (χ2n) is 7.55. The molecule has 1 heterocycles. The Morgan fingerprint density at radius 2 is 1.53 bits per heavy atom. The number of benzene rings is 3. The van der Waals surface area contributed by atoms with E-state index >= 15 is 0 Å². The van der Waals surface area contributed by atoms with E-state index in [1.807, 2.05) is 30.7 Å². The lowest BCUT2D eigenvalue weighted by Crippen LogP contribution is -2.13. The predicted molar refractivity (Wildman–Crippen MR) is 133 cm³/mol. The third-order valence-electron chi connectivity index (χ3n) is 5.32. The molecule has 0 aliphatic heterocycles. The van der Waals surface area contributed by atoms with Gasteiger partial charge in [-0.25, -0.2) is 4.68 Å². The molecule has 166 valence electrons. The van der Waals surface area contributed by atoms with Gasteiger partial charge < -0.3 is 10.1 Å². The van der Waals surface area contributed by atoms with Crippen molar-refractivity contribution in [1.29, 1.82) is 0 Å². The monoisotopic (exact) mass is 427 g/mol. The molecule has 0 bridgehead atoms. The highest BCUT2D eigenvalue weighted by Crippen LogP contribution is 2.24. The summed E-state index contributed by atoms with van der Waals surface area (Å²) in [6.07, 6.45) is 2.13. The SMILES string of the molecule is CC.COc1ccc(CNCc2cn(-c3ccc(C)cc3)nc2-c2ccccc2)c(C)c1. The van der Waals surface area contributed by atoms with Gasteiger partial charge in [-0.1, -0.05) is 67.9 Å². The first-order valence-corrected chi connectivity index (χ1v) is 11.2. The molecule has 0 aliphatic rings. The van der Waals surface area contributed by atoms with Crippen molar-refractivity contribution < 1.29 is 4.74 Å². The molecule has 0 radical (unpaired) electrons. The highest BCUT2D eigenvalue weighted by atomic mass is 16.5. The van der Waals surface area contributed by atoms with Gasteiger partial charge in [0.05, 0.1) is 18.5 Å². The fourth-order valence-corrected chi connectivity index (χ4v) is 3.53. The lowest BCUT2D eigenvalue weighted by molar-refractivity contribution is 0.414. The first-order valence-electron chi connectivity index (χ1n) is 11.2. The Morgan fingerprint density at radius 3 is 2.19 bits per heavy atom. The summed E-state index contributed by atoms with van der Waals surface area (Å²) in [5.74, 6) is 0.891. The quantitative estimate of drug-likeness (QED) is 0.367. The van der Waals surface area contributed by atoms with E-state index < -0.39 is 0 Å². The van der Waals surface area contributed by atoms with Crippen LogP contribution in [0.4, 0.5) is 0 Å². The lowest BCUT2D eigenvalue weighted by Gasteiger charge is -2.09.